The van der Waals surface area contributed by atoms with E-state index in [1.807, 2.05) is 6.20 Å². The topological polar surface area (TPSA) is 26.0 Å². The van der Waals surface area contributed by atoms with Gasteiger partial charge in [0.25, 0.3) is 0 Å². The highest BCUT2D eigenvalue weighted by Gasteiger charge is 2.45. The lowest BCUT2D eigenvalue weighted by Gasteiger charge is -2.39. The molecule has 0 radical (unpaired) electrons. The number of hydrogen-bond acceptors (Lipinski definition) is 2. The number of aromatic nitrogens is 1. The molecule has 0 saturated heterocycles. The average Bonchev–Trinajstić information content (AvgIpc) is 3.32. The van der Waals surface area contributed by atoms with Crippen LogP contribution in [0.3, 0.4) is 0 Å². The van der Waals surface area contributed by atoms with Crippen molar-refractivity contribution >= 4 is 21.7 Å². The minimum Gasteiger partial charge on any atom is -0.457 e. The van der Waals surface area contributed by atoms with Crippen molar-refractivity contribution in [3.8, 4) is 11.3 Å². The summed E-state index contributed by atoms with van der Waals surface area (Å²) < 4.78 is 6.87. The Kier molecular flexibility index (Phi) is 4.00. The third-order valence-electron chi connectivity index (χ3n) is 8.25. The van der Waals surface area contributed by atoms with Gasteiger partial charge in [0, 0.05) is 28.6 Å². The largest absolute Gasteiger partial charge is 0.457 e. The molecule has 4 aromatic carbocycles. The Balaban J connectivity index is 1.42. The first-order chi connectivity index (χ1) is 17.7. The van der Waals surface area contributed by atoms with Gasteiger partial charge >= 0.3 is 0 Å². The predicted octanol–water partition coefficient (Wildman–Crippen LogP) is 8.76. The molecule has 3 aliphatic carbocycles. The molecule has 0 atom stereocenters. The van der Waals surface area contributed by atoms with Crippen LogP contribution in [0.1, 0.15) is 70.7 Å². The van der Waals surface area contributed by atoms with E-state index < -0.39 is 0 Å². The van der Waals surface area contributed by atoms with Crippen molar-refractivity contribution < 1.29 is 4.42 Å². The van der Waals surface area contributed by atoms with Crippen LogP contribution in [-0.4, -0.2) is 4.98 Å². The highest BCUT2D eigenvalue weighted by atomic mass is 16.3. The zero-order chi connectivity index (χ0) is 24.0. The van der Waals surface area contributed by atoms with E-state index in [0.29, 0.717) is 5.92 Å². The molecular weight excluding hydrogens is 438 g/mol. The van der Waals surface area contributed by atoms with E-state index in [4.69, 9.17) is 9.40 Å². The minimum atomic E-state index is 0.125. The second-order valence-electron chi connectivity index (χ2n) is 10.5. The highest BCUT2D eigenvalue weighted by Crippen LogP contribution is 2.58. The van der Waals surface area contributed by atoms with Gasteiger partial charge < -0.3 is 4.42 Å². The molecule has 2 nitrogen and oxygen atoms in total. The Labute approximate surface area is 210 Å². The van der Waals surface area contributed by atoms with Crippen molar-refractivity contribution in [1.29, 1.82) is 0 Å². The molecule has 2 heterocycles. The molecule has 6 aromatic rings. The van der Waals surface area contributed by atoms with E-state index in [2.05, 4.69) is 105 Å². The van der Waals surface area contributed by atoms with Crippen molar-refractivity contribution in [1.82, 2.24) is 4.98 Å². The summed E-state index contributed by atoms with van der Waals surface area (Å²) in [6, 6.07) is 33.2. The standard InChI is InChI=1S/C34H25NO/c1-19(2)28-18-21(17-20-9-3-4-10-22(20)28)32-33-27(15-16-35-32)31-29-23-11-5-7-13-25(23)30(34(31)36-33)26-14-8-6-12-24(26)29/h3-19,29-30H,1-2H3. The number of furan rings is 1. The first-order valence-electron chi connectivity index (χ1n) is 12.8. The van der Waals surface area contributed by atoms with Crippen molar-refractivity contribution in [2.75, 3.05) is 0 Å². The molecule has 2 heteroatoms. The fourth-order valence-electron chi connectivity index (χ4n) is 6.74. The maximum Gasteiger partial charge on any atom is 0.160 e. The summed E-state index contributed by atoms with van der Waals surface area (Å²) in [7, 11) is 0. The van der Waals surface area contributed by atoms with Crippen LogP contribution in [0.15, 0.2) is 102 Å². The molecule has 0 amide bonds. The van der Waals surface area contributed by atoms with E-state index >= 15 is 0 Å². The monoisotopic (exact) mass is 463 g/mol. The Hall–Kier alpha value is -4.17. The van der Waals surface area contributed by atoms with Gasteiger partial charge in [0.15, 0.2) is 5.58 Å². The molecule has 3 aliphatic rings. The summed E-state index contributed by atoms with van der Waals surface area (Å²) in [4.78, 5) is 4.90. The van der Waals surface area contributed by atoms with Crippen LogP contribution in [0.4, 0.5) is 0 Å². The Morgan fingerprint density at radius 3 is 2.03 bits per heavy atom. The van der Waals surface area contributed by atoms with Gasteiger partial charge in [-0.2, -0.15) is 0 Å². The lowest BCUT2D eigenvalue weighted by atomic mass is 9.63. The molecule has 0 aliphatic heterocycles. The maximum absolute atomic E-state index is 6.87. The summed E-state index contributed by atoms with van der Waals surface area (Å²) >= 11 is 0. The van der Waals surface area contributed by atoms with E-state index in [0.717, 1.165) is 22.6 Å². The van der Waals surface area contributed by atoms with Gasteiger partial charge in [0.1, 0.15) is 11.5 Å². The van der Waals surface area contributed by atoms with Gasteiger partial charge in [-0.1, -0.05) is 86.6 Å². The molecule has 172 valence electrons. The number of hydrogen-bond donors (Lipinski definition) is 0. The van der Waals surface area contributed by atoms with Gasteiger partial charge in [-0.3, -0.25) is 4.98 Å². The number of fused-ring (bicyclic) bond motifs is 2. The molecule has 36 heavy (non-hydrogen) atoms. The van der Waals surface area contributed by atoms with E-state index in [1.54, 1.807) is 0 Å². The molecule has 0 unspecified atom stereocenters. The van der Waals surface area contributed by atoms with Crippen LogP contribution in [0, 0.1) is 0 Å². The zero-order valence-electron chi connectivity index (χ0n) is 20.3. The van der Waals surface area contributed by atoms with Crippen LogP contribution in [0.2, 0.25) is 0 Å². The first kappa shape index (κ1) is 20.1. The summed E-state index contributed by atoms with van der Waals surface area (Å²) in [5.74, 6) is 1.82. The van der Waals surface area contributed by atoms with Crippen LogP contribution >= 0.6 is 0 Å². The van der Waals surface area contributed by atoms with Gasteiger partial charge in [0.05, 0.1) is 5.92 Å². The molecule has 2 aromatic heterocycles. The van der Waals surface area contributed by atoms with Gasteiger partial charge in [-0.15, -0.1) is 0 Å². The SMILES string of the molecule is CC(C)c1cc(-c2nccc3c4c(oc23)C2c3ccccc3C4c3ccccc32)cc2ccccc12. The lowest BCUT2D eigenvalue weighted by molar-refractivity contribution is 0.512. The molecule has 9 rings (SSSR count). The number of benzene rings is 4. The van der Waals surface area contributed by atoms with Crippen LogP contribution in [0.5, 0.6) is 0 Å². The van der Waals surface area contributed by atoms with E-state index in [-0.39, 0.29) is 11.8 Å². The number of rotatable bonds is 2. The minimum absolute atomic E-state index is 0.125. The Morgan fingerprint density at radius 2 is 1.33 bits per heavy atom. The maximum atomic E-state index is 6.87. The Bertz CT molecular complexity index is 1790. The normalized spacial score (nSPS) is 17.4. The molecule has 0 saturated carbocycles. The van der Waals surface area contributed by atoms with Crippen LogP contribution in [0.25, 0.3) is 33.0 Å². The number of nitrogens with zero attached hydrogens (tertiary/aromatic N) is 1. The van der Waals surface area contributed by atoms with Gasteiger partial charge in [-0.05, 0) is 62.7 Å². The third kappa shape index (κ3) is 2.54. The fourth-order valence-corrected chi connectivity index (χ4v) is 6.74. The molecule has 0 spiro atoms. The van der Waals surface area contributed by atoms with Crippen molar-refractivity contribution in [2.45, 2.75) is 31.6 Å². The fraction of sp³-hybridized carbons (Fsp3) is 0.147. The Morgan fingerprint density at radius 1 is 0.694 bits per heavy atom. The van der Waals surface area contributed by atoms with Gasteiger partial charge in [-0.25, -0.2) is 0 Å². The smallest absolute Gasteiger partial charge is 0.160 e. The van der Waals surface area contributed by atoms with Crippen LogP contribution < -0.4 is 0 Å². The van der Waals surface area contributed by atoms with Crippen molar-refractivity contribution in [3.63, 3.8) is 0 Å². The molecular formula is C34H25NO. The summed E-state index contributed by atoms with van der Waals surface area (Å²) in [6.45, 7) is 4.52. The molecule has 0 N–H and O–H groups in total. The van der Waals surface area contributed by atoms with Crippen molar-refractivity contribution in [3.05, 3.63) is 136 Å². The highest BCUT2D eigenvalue weighted by molar-refractivity contribution is 5.98. The summed E-state index contributed by atoms with van der Waals surface area (Å²) in [5, 5.41) is 3.74. The second kappa shape index (κ2) is 7.18. The molecule has 2 bridgehead atoms. The quantitative estimate of drug-likeness (QED) is 0.256. The van der Waals surface area contributed by atoms with E-state index in [1.165, 1.54) is 49.5 Å². The van der Waals surface area contributed by atoms with Gasteiger partial charge in [0.2, 0.25) is 0 Å². The van der Waals surface area contributed by atoms with Crippen molar-refractivity contribution in [2.24, 2.45) is 0 Å². The van der Waals surface area contributed by atoms with E-state index in [9.17, 15) is 0 Å². The predicted molar refractivity (Wildman–Crippen MR) is 146 cm³/mol. The summed E-state index contributed by atoms with van der Waals surface area (Å²) in [6.07, 6.45) is 1.96. The summed E-state index contributed by atoms with van der Waals surface area (Å²) in [5.41, 5.74) is 11.2. The average molecular weight is 464 g/mol. The lowest BCUT2D eigenvalue weighted by Crippen LogP contribution is -2.26. The second-order valence-corrected chi connectivity index (χ2v) is 10.5. The first-order valence-corrected chi connectivity index (χ1v) is 12.8. The number of pyridine rings is 1. The van der Waals surface area contributed by atoms with Crippen LogP contribution in [-0.2, 0) is 0 Å². The third-order valence-corrected chi connectivity index (χ3v) is 8.25. The zero-order valence-corrected chi connectivity index (χ0v) is 20.3. The molecule has 0 fully saturated rings.